The number of amides is 1. The Bertz CT molecular complexity index is 1070. The van der Waals surface area contributed by atoms with Gasteiger partial charge in [-0.15, -0.1) is 0 Å². The molecule has 0 saturated carbocycles. The van der Waals surface area contributed by atoms with E-state index < -0.39 is 5.91 Å². The van der Waals surface area contributed by atoms with Gasteiger partial charge in [0, 0.05) is 29.3 Å². The van der Waals surface area contributed by atoms with Gasteiger partial charge in [0.1, 0.15) is 5.56 Å². The number of carbonyl (C=O) groups excluding carboxylic acids is 1. The Labute approximate surface area is 154 Å². The van der Waals surface area contributed by atoms with Crippen LogP contribution in [0.4, 0.5) is 5.69 Å². The number of H-pyrrole nitrogens is 1. The average Bonchev–Trinajstić information content (AvgIpc) is 3.31. The normalized spacial score (nSPS) is 10.7. The molecule has 0 atom stereocenters. The third kappa shape index (κ3) is 3.13. The van der Waals surface area contributed by atoms with Crippen molar-refractivity contribution in [1.82, 2.24) is 14.5 Å². The Hall–Kier alpha value is -4.00. The second kappa shape index (κ2) is 6.72. The summed E-state index contributed by atoms with van der Waals surface area (Å²) in [7, 11) is 0. The zero-order valence-corrected chi connectivity index (χ0v) is 14.1. The fourth-order valence-electron chi connectivity index (χ4n) is 2.83. The van der Waals surface area contributed by atoms with Gasteiger partial charge in [-0.1, -0.05) is 30.3 Å². The Morgan fingerprint density at radius 2 is 1.78 bits per heavy atom. The fraction of sp³-hybridized carbons (Fsp3) is 0. The second-order valence-electron chi connectivity index (χ2n) is 5.91. The minimum Gasteiger partial charge on any atom is -0.505 e. The SMILES string of the molecule is O=C(Nc1ccc(-n2ccnc2)cc1)c1c(O)[nH]c(-c2ccccc2)c1O. The molecular formula is C20H16N4O3. The zero-order valence-electron chi connectivity index (χ0n) is 14.1. The molecule has 27 heavy (non-hydrogen) atoms. The number of nitrogens with one attached hydrogen (secondary N) is 2. The lowest BCUT2D eigenvalue weighted by Crippen LogP contribution is -2.11. The molecule has 0 aliphatic heterocycles. The first-order valence-electron chi connectivity index (χ1n) is 8.22. The number of hydrogen-bond donors (Lipinski definition) is 4. The molecule has 0 unspecified atom stereocenters. The van der Waals surface area contributed by atoms with E-state index >= 15 is 0 Å². The lowest BCUT2D eigenvalue weighted by molar-refractivity contribution is 0.102. The number of carbonyl (C=O) groups is 1. The molecule has 4 rings (SSSR count). The molecule has 0 aliphatic carbocycles. The summed E-state index contributed by atoms with van der Waals surface area (Å²) in [4.78, 5) is 19.2. The summed E-state index contributed by atoms with van der Waals surface area (Å²) in [5.74, 6) is -1.30. The summed E-state index contributed by atoms with van der Waals surface area (Å²) in [5.41, 5.74) is 2.17. The van der Waals surface area contributed by atoms with Crippen molar-refractivity contribution in [3.05, 3.63) is 78.9 Å². The molecule has 4 N–H and O–H groups in total. The van der Waals surface area contributed by atoms with E-state index in [0.29, 0.717) is 11.3 Å². The number of hydrogen-bond acceptors (Lipinski definition) is 4. The highest BCUT2D eigenvalue weighted by Crippen LogP contribution is 2.37. The monoisotopic (exact) mass is 360 g/mol. The molecular weight excluding hydrogens is 344 g/mol. The van der Waals surface area contributed by atoms with E-state index in [0.717, 1.165) is 5.69 Å². The van der Waals surface area contributed by atoms with Crippen LogP contribution in [0.2, 0.25) is 0 Å². The smallest absolute Gasteiger partial charge is 0.264 e. The number of nitrogens with zero attached hydrogens (tertiary/aromatic N) is 2. The minimum absolute atomic E-state index is 0.201. The molecule has 0 fully saturated rings. The summed E-state index contributed by atoms with van der Waals surface area (Å²) in [5, 5.41) is 23.2. The van der Waals surface area contributed by atoms with Crippen LogP contribution in [0.5, 0.6) is 11.6 Å². The molecule has 4 aromatic rings. The number of benzene rings is 2. The molecule has 7 heteroatoms. The minimum atomic E-state index is -0.612. The first-order chi connectivity index (χ1) is 13.1. The predicted molar refractivity (Wildman–Crippen MR) is 101 cm³/mol. The Morgan fingerprint density at radius 1 is 1.04 bits per heavy atom. The quantitative estimate of drug-likeness (QED) is 0.447. The van der Waals surface area contributed by atoms with Crippen LogP contribution in [0.3, 0.4) is 0 Å². The first kappa shape index (κ1) is 16.5. The van der Waals surface area contributed by atoms with Crippen LogP contribution in [0, 0.1) is 0 Å². The van der Waals surface area contributed by atoms with Crippen molar-refractivity contribution in [2.75, 3.05) is 5.32 Å². The van der Waals surface area contributed by atoms with Crippen molar-refractivity contribution >= 4 is 11.6 Å². The van der Waals surface area contributed by atoms with Crippen molar-refractivity contribution in [3.63, 3.8) is 0 Å². The summed E-state index contributed by atoms with van der Waals surface area (Å²) < 4.78 is 1.83. The van der Waals surface area contributed by atoms with Gasteiger partial charge >= 0.3 is 0 Å². The summed E-state index contributed by atoms with van der Waals surface area (Å²) in [6.45, 7) is 0. The van der Waals surface area contributed by atoms with Gasteiger partial charge in [-0.05, 0) is 24.3 Å². The van der Waals surface area contributed by atoms with Gasteiger partial charge in [0.25, 0.3) is 5.91 Å². The van der Waals surface area contributed by atoms with Crippen molar-refractivity contribution in [3.8, 4) is 28.6 Å². The topological polar surface area (TPSA) is 103 Å². The largest absolute Gasteiger partial charge is 0.505 e. The van der Waals surface area contributed by atoms with E-state index in [2.05, 4.69) is 15.3 Å². The van der Waals surface area contributed by atoms with E-state index in [1.165, 1.54) is 0 Å². The van der Waals surface area contributed by atoms with Gasteiger partial charge in [0.15, 0.2) is 5.75 Å². The molecule has 2 heterocycles. The number of imidazole rings is 1. The van der Waals surface area contributed by atoms with E-state index in [1.807, 2.05) is 29.0 Å². The average molecular weight is 360 g/mol. The number of rotatable bonds is 4. The first-order valence-corrected chi connectivity index (χ1v) is 8.22. The predicted octanol–water partition coefficient (Wildman–Crippen LogP) is 3.53. The standard InChI is InChI=1S/C20H16N4O3/c25-18-16(20(27)23-17(18)13-4-2-1-3-5-13)19(26)22-14-6-8-15(9-7-14)24-11-10-21-12-24/h1-12,23,25,27H,(H,22,26). The maximum Gasteiger partial charge on any atom is 0.264 e. The van der Waals surface area contributed by atoms with Gasteiger partial charge in [-0.25, -0.2) is 4.98 Å². The summed E-state index contributed by atoms with van der Waals surface area (Å²) >= 11 is 0. The Balaban J connectivity index is 1.58. The van der Waals surface area contributed by atoms with Crippen LogP contribution in [0.15, 0.2) is 73.3 Å². The van der Waals surface area contributed by atoms with Crippen LogP contribution in [0.25, 0.3) is 16.9 Å². The Morgan fingerprint density at radius 3 is 2.44 bits per heavy atom. The van der Waals surface area contributed by atoms with Crippen LogP contribution in [-0.4, -0.2) is 30.7 Å². The molecule has 7 nitrogen and oxygen atoms in total. The summed E-state index contributed by atoms with van der Waals surface area (Å²) in [6.07, 6.45) is 5.17. The van der Waals surface area contributed by atoms with E-state index in [9.17, 15) is 15.0 Å². The number of anilines is 1. The van der Waals surface area contributed by atoms with E-state index in [1.54, 1.807) is 48.9 Å². The molecule has 0 spiro atoms. The molecule has 2 aromatic carbocycles. The van der Waals surface area contributed by atoms with E-state index in [-0.39, 0.29) is 22.9 Å². The number of aromatic amines is 1. The van der Waals surface area contributed by atoms with Crippen molar-refractivity contribution < 1.29 is 15.0 Å². The number of aromatic hydroxyl groups is 2. The van der Waals surface area contributed by atoms with Crippen LogP contribution in [0.1, 0.15) is 10.4 Å². The molecule has 0 aliphatic rings. The van der Waals surface area contributed by atoms with Gasteiger partial charge in [-0.2, -0.15) is 0 Å². The third-order valence-corrected chi connectivity index (χ3v) is 4.17. The summed E-state index contributed by atoms with van der Waals surface area (Å²) in [6, 6.07) is 16.1. The fourth-order valence-corrected chi connectivity index (χ4v) is 2.83. The molecule has 0 radical (unpaired) electrons. The van der Waals surface area contributed by atoms with Crippen molar-refractivity contribution in [1.29, 1.82) is 0 Å². The Kier molecular flexibility index (Phi) is 4.10. The molecule has 0 bridgehead atoms. The highest BCUT2D eigenvalue weighted by Gasteiger charge is 2.23. The van der Waals surface area contributed by atoms with Crippen LogP contribution in [-0.2, 0) is 0 Å². The lowest BCUT2D eigenvalue weighted by Gasteiger charge is -2.07. The second-order valence-corrected chi connectivity index (χ2v) is 5.91. The number of aromatic nitrogens is 3. The third-order valence-electron chi connectivity index (χ3n) is 4.17. The maximum atomic E-state index is 12.5. The van der Waals surface area contributed by atoms with Gasteiger partial charge in [-0.3, -0.25) is 4.79 Å². The van der Waals surface area contributed by atoms with Crippen LogP contribution < -0.4 is 5.32 Å². The zero-order chi connectivity index (χ0) is 18.8. The highest BCUT2D eigenvalue weighted by molar-refractivity contribution is 6.09. The van der Waals surface area contributed by atoms with Gasteiger partial charge < -0.3 is 25.1 Å². The molecule has 134 valence electrons. The molecule has 1 amide bonds. The highest BCUT2D eigenvalue weighted by atomic mass is 16.3. The maximum absolute atomic E-state index is 12.5. The molecule has 0 saturated heterocycles. The van der Waals surface area contributed by atoms with E-state index in [4.69, 9.17) is 0 Å². The lowest BCUT2D eigenvalue weighted by atomic mass is 10.1. The van der Waals surface area contributed by atoms with Gasteiger partial charge in [0.05, 0.1) is 12.0 Å². The van der Waals surface area contributed by atoms with Crippen molar-refractivity contribution in [2.45, 2.75) is 0 Å². The van der Waals surface area contributed by atoms with Gasteiger partial charge in [0.2, 0.25) is 5.88 Å². The van der Waals surface area contributed by atoms with Crippen LogP contribution >= 0.6 is 0 Å². The molecule has 2 aromatic heterocycles. The van der Waals surface area contributed by atoms with Crippen molar-refractivity contribution in [2.24, 2.45) is 0 Å².